The maximum Gasteiger partial charge on any atom is 0.0619 e. The molecule has 2 heterocycles. The van der Waals surface area contributed by atoms with Crippen LogP contribution in [0.2, 0.25) is 0 Å². The molecule has 12 aromatic rings. The van der Waals surface area contributed by atoms with E-state index in [0.717, 1.165) is 11.4 Å². The summed E-state index contributed by atoms with van der Waals surface area (Å²) in [4.78, 5) is 0. The number of nitrogens with zero attached hydrogens (tertiary/aromatic N) is 2. The van der Waals surface area contributed by atoms with Crippen molar-refractivity contribution in [1.29, 1.82) is 0 Å². The highest BCUT2D eigenvalue weighted by Gasteiger charge is 2.20. The summed E-state index contributed by atoms with van der Waals surface area (Å²) in [5.74, 6) is 0. The Morgan fingerprint density at radius 3 is 1.38 bits per heavy atom. The first kappa shape index (κ1) is 34.1. The molecule has 0 saturated carbocycles. The predicted octanol–water partition coefficient (Wildman–Crippen LogP) is 15.7. The summed E-state index contributed by atoms with van der Waals surface area (Å²) in [6.45, 7) is 0. The third-order valence-corrected chi connectivity index (χ3v) is 12.3. The standard InChI is InChI=1S/C58H38N2/c1-3-15-39(16-4-1)42-21-11-23-46(35-42)59-55-30-10-9-26-50(55)53-37-44(31-33-56(53)59)45-32-34-57-54(38-45)52-29-14-28-51(49-27-13-20-41-19-7-8-25-48(41)49)58(52)60(57)47-24-12-22-43(36-47)40-17-5-2-6-18-40/h1-38H. The lowest BCUT2D eigenvalue weighted by Crippen LogP contribution is -1.96. The first-order chi connectivity index (χ1) is 29.8. The Kier molecular flexibility index (Phi) is 7.89. The van der Waals surface area contributed by atoms with E-state index in [2.05, 4.69) is 240 Å². The molecule has 60 heavy (non-hydrogen) atoms. The Morgan fingerprint density at radius 2 is 0.683 bits per heavy atom. The third-order valence-electron chi connectivity index (χ3n) is 12.3. The summed E-state index contributed by atoms with van der Waals surface area (Å²) in [6.07, 6.45) is 0. The Hall–Kier alpha value is -7.94. The van der Waals surface area contributed by atoms with E-state index in [1.165, 1.54) is 98.9 Å². The molecule has 0 radical (unpaired) electrons. The van der Waals surface area contributed by atoms with Crippen molar-refractivity contribution in [2.24, 2.45) is 0 Å². The molecule has 12 rings (SSSR count). The van der Waals surface area contributed by atoms with Crippen molar-refractivity contribution in [3.63, 3.8) is 0 Å². The lowest BCUT2D eigenvalue weighted by Gasteiger charge is -2.14. The molecule has 0 amide bonds. The number of hydrogen-bond acceptors (Lipinski definition) is 0. The summed E-state index contributed by atoms with van der Waals surface area (Å²) in [5, 5.41) is 7.45. The van der Waals surface area contributed by atoms with Gasteiger partial charge >= 0.3 is 0 Å². The quantitative estimate of drug-likeness (QED) is 0.160. The van der Waals surface area contributed by atoms with Crippen LogP contribution in [0.25, 0.3) is 110 Å². The number of fused-ring (bicyclic) bond motifs is 7. The average Bonchev–Trinajstić information content (AvgIpc) is 3.84. The highest BCUT2D eigenvalue weighted by atomic mass is 15.0. The number of benzene rings is 10. The van der Waals surface area contributed by atoms with Crippen molar-refractivity contribution < 1.29 is 0 Å². The van der Waals surface area contributed by atoms with E-state index in [0.29, 0.717) is 0 Å². The van der Waals surface area contributed by atoms with E-state index in [1.807, 2.05) is 0 Å². The monoisotopic (exact) mass is 762 g/mol. The molecule has 2 heteroatoms. The van der Waals surface area contributed by atoms with Crippen molar-refractivity contribution in [2.45, 2.75) is 0 Å². The first-order valence-corrected chi connectivity index (χ1v) is 20.7. The van der Waals surface area contributed by atoms with Gasteiger partial charge in [-0.05, 0) is 104 Å². The third kappa shape index (κ3) is 5.50. The Morgan fingerprint density at radius 1 is 0.233 bits per heavy atom. The molecule has 0 aliphatic rings. The highest BCUT2D eigenvalue weighted by Crippen LogP contribution is 2.43. The van der Waals surface area contributed by atoms with Gasteiger partial charge in [-0.1, -0.05) is 176 Å². The van der Waals surface area contributed by atoms with Crippen molar-refractivity contribution in [3.8, 4) is 55.9 Å². The van der Waals surface area contributed by atoms with Crippen molar-refractivity contribution >= 4 is 54.4 Å². The summed E-state index contributed by atoms with van der Waals surface area (Å²) in [5.41, 5.74) is 16.8. The van der Waals surface area contributed by atoms with E-state index in [9.17, 15) is 0 Å². The molecule has 0 fully saturated rings. The molecule has 0 aliphatic carbocycles. The van der Waals surface area contributed by atoms with Crippen LogP contribution in [-0.4, -0.2) is 9.13 Å². The molecule has 0 bridgehead atoms. The maximum atomic E-state index is 2.48. The van der Waals surface area contributed by atoms with Crippen LogP contribution >= 0.6 is 0 Å². The van der Waals surface area contributed by atoms with Crippen molar-refractivity contribution in [1.82, 2.24) is 9.13 Å². The van der Waals surface area contributed by atoms with Crippen LogP contribution in [0.1, 0.15) is 0 Å². The van der Waals surface area contributed by atoms with Gasteiger partial charge in [0.05, 0.1) is 22.1 Å². The largest absolute Gasteiger partial charge is 0.309 e. The summed E-state index contributed by atoms with van der Waals surface area (Å²) >= 11 is 0. The SMILES string of the molecule is c1ccc(-c2cccc(-n3c4ccccc4c4cc(-c5ccc6c(c5)c5cccc(-c7cccc8ccccc78)c5n6-c5cccc(-c6ccccc6)c5)ccc43)c2)cc1. The Labute approximate surface area is 348 Å². The summed E-state index contributed by atoms with van der Waals surface area (Å²) in [6, 6.07) is 84.2. The van der Waals surface area contributed by atoms with E-state index >= 15 is 0 Å². The lowest BCUT2D eigenvalue weighted by molar-refractivity contribution is 1.18. The van der Waals surface area contributed by atoms with Crippen LogP contribution in [0.4, 0.5) is 0 Å². The van der Waals surface area contributed by atoms with E-state index in [-0.39, 0.29) is 0 Å². The van der Waals surface area contributed by atoms with Crippen LogP contribution in [0.15, 0.2) is 231 Å². The minimum absolute atomic E-state index is 1.14. The minimum Gasteiger partial charge on any atom is -0.309 e. The molecule has 0 saturated heterocycles. The van der Waals surface area contributed by atoms with Gasteiger partial charge in [-0.2, -0.15) is 0 Å². The van der Waals surface area contributed by atoms with Gasteiger partial charge in [0.15, 0.2) is 0 Å². The molecular weight excluding hydrogens is 725 g/mol. The molecule has 0 N–H and O–H groups in total. The molecule has 0 aliphatic heterocycles. The molecule has 2 aromatic heterocycles. The molecule has 2 nitrogen and oxygen atoms in total. The van der Waals surface area contributed by atoms with E-state index < -0.39 is 0 Å². The van der Waals surface area contributed by atoms with Crippen LogP contribution in [0.5, 0.6) is 0 Å². The summed E-state index contributed by atoms with van der Waals surface area (Å²) in [7, 11) is 0. The fourth-order valence-electron chi connectivity index (χ4n) is 9.54. The average molecular weight is 763 g/mol. The van der Waals surface area contributed by atoms with Crippen molar-refractivity contribution in [2.75, 3.05) is 0 Å². The van der Waals surface area contributed by atoms with Gasteiger partial charge < -0.3 is 9.13 Å². The number of aromatic nitrogens is 2. The van der Waals surface area contributed by atoms with Crippen LogP contribution in [-0.2, 0) is 0 Å². The maximum absolute atomic E-state index is 2.48. The van der Waals surface area contributed by atoms with Crippen LogP contribution < -0.4 is 0 Å². The second-order valence-electron chi connectivity index (χ2n) is 15.7. The Balaban J connectivity index is 1.07. The van der Waals surface area contributed by atoms with Crippen molar-refractivity contribution in [3.05, 3.63) is 231 Å². The number of para-hydroxylation sites is 2. The topological polar surface area (TPSA) is 9.86 Å². The van der Waals surface area contributed by atoms with Gasteiger partial charge in [0.2, 0.25) is 0 Å². The van der Waals surface area contributed by atoms with Gasteiger partial charge in [0, 0.05) is 38.5 Å². The second-order valence-corrected chi connectivity index (χ2v) is 15.7. The van der Waals surface area contributed by atoms with Crippen LogP contribution in [0, 0.1) is 0 Å². The van der Waals surface area contributed by atoms with Gasteiger partial charge in [-0.3, -0.25) is 0 Å². The van der Waals surface area contributed by atoms with Gasteiger partial charge in [-0.25, -0.2) is 0 Å². The molecule has 280 valence electrons. The molecule has 0 unspecified atom stereocenters. The first-order valence-electron chi connectivity index (χ1n) is 20.7. The predicted molar refractivity (Wildman–Crippen MR) is 254 cm³/mol. The zero-order valence-corrected chi connectivity index (χ0v) is 32.8. The zero-order valence-electron chi connectivity index (χ0n) is 32.8. The minimum atomic E-state index is 1.14. The van der Waals surface area contributed by atoms with Gasteiger partial charge in [-0.15, -0.1) is 0 Å². The normalized spacial score (nSPS) is 11.7. The lowest BCUT2D eigenvalue weighted by atomic mass is 9.96. The second kappa shape index (κ2) is 13.9. The summed E-state index contributed by atoms with van der Waals surface area (Å²) < 4.78 is 4.90. The van der Waals surface area contributed by atoms with E-state index in [1.54, 1.807) is 0 Å². The fraction of sp³-hybridized carbons (Fsp3) is 0. The molecule has 0 spiro atoms. The highest BCUT2D eigenvalue weighted by molar-refractivity contribution is 6.17. The number of hydrogen-bond donors (Lipinski definition) is 0. The molecular formula is C58H38N2. The Bertz CT molecular complexity index is 3580. The molecule has 0 atom stereocenters. The smallest absolute Gasteiger partial charge is 0.0619 e. The van der Waals surface area contributed by atoms with Gasteiger partial charge in [0.1, 0.15) is 0 Å². The number of rotatable bonds is 6. The fourth-order valence-corrected chi connectivity index (χ4v) is 9.54. The van der Waals surface area contributed by atoms with E-state index in [4.69, 9.17) is 0 Å². The zero-order chi connectivity index (χ0) is 39.6. The van der Waals surface area contributed by atoms with Gasteiger partial charge in [0.25, 0.3) is 0 Å². The molecule has 10 aromatic carbocycles. The van der Waals surface area contributed by atoms with Crippen LogP contribution in [0.3, 0.4) is 0 Å².